The number of phenolic OH excluding ortho intramolecular Hbond substituents is 1. The van der Waals surface area contributed by atoms with Crippen molar-refractivity contribution >= 4 is 62.4 Å². The van der Waals surface area contributed by atoms with Crippen LogP contribution in [0, 0.1) is 37.0 Å². The summed E-state index contributed by atoms with van der Waals surface area (Å²) in [4.78, 5) is -1.18. The summed E-state index contributed by atoms with van der Waals surface area (Å²) in [7, 11) is -12.9. The van der Waals surface area contributed by atoms with E-state index in [9.17, 15) is 30.4 Å². The molecule has 0 aromatic heterocycles. The zero-order chi connectivity index (χ0) is 27.9. The zero-order valence-electron chi connectivity index (χ0n) is 19.4. The standard InChI is InChI=1S/C25H19N3O7S3/c1-4-11-26-36(30,31)21-14-20(29)16-7-8-18-22(37(32,33)27-12-5-2)15-23(38(34,35)28-13-6-3)19-10-9-17(21)24(16)25(18)19/h1-3,7-10,14-15,26-29H,11-13H2. The van der Waals surface area contributed by atoms with Crippen LogP contribution in [-0.2, 0) is 30.1 Å². The molecule has 4 aromatic carbocycles. The van der Waals surface area contributed by atoms with E-state index < -0.39 is 45.6 Å². The number of hydrogen-bond donors (Lipinski definition) is 4. The largest absolute Gasteiger partial charge is 0.507 e. The van der Waals surface area contributed by atoms with Gasteiger partial charge in [-0.1, -0.05) is 36.0 Å². The van der Waals surface area contributed by atoms with E-state index in [1.807, 2.05) is 0 Å². The van der Waals surface area contributed by atoms with E-state index in [0.29, 0.717) is 0 Å². The summed E-state index contributed by atoms with van der Waals surface area (Å²) in [5.74, 6) is 6.03. The normalized spacial score (nSPS) is 12.4. The minimum atomic E-state index is -4.35. The Hall–Kier alpha value is -3.87. The molecule has 0 aliphatic carbocycles. The highest BCUT2D eigenvalue weighted by Gasteiger charge is 2.29. The van der Waals surface area contributed by atoms with Gasteiger partial charge < -0.3 is 5.11 Å². The van der Waals surface area contributed by atoms with Gasteiger partial charge in [0.1, 0.15) is 5.75 Å². The van der Waals surface area contributed by atoms with Crippen LogP contribution >= 0.6 is 0 Å². The van der Waals surface area contributed by atoms with Gasteiger partial charge in [0.05, 0.1) is 34.3 Å². The van der Waals surface area contributed by atoms with Crippen LogP contribution in [-0.4, -0.2) is 50.0 Å². The third-order valence-electron chi connectivity index (χ3n) is 5.72. The summed E-state index contributed by atoms with van der Waals surface area (Å²) in [5.41, 5.74) is 0. The van der Waals surface area contributed by atoms with E-state index in [4.69, 9.17) is 19.3 Å². The fraction of sp³-hybridized carbons (Fsp3) is 0.120. The molecule has 0 amide bonds. The average molecular weight is 570 g/mol. The lowest BCUT2D eigenvalue weighted by Crippen LogP contribution is -2.27. The van der Waals surface area contributed by atoms with Crippen molar-refractivity contribution in [2.45, 2.75) is 14.7 Å². The second kappa shape index (κ2) is 9.78. The van der Waals surface area contributed by atoms with Crippen molar-refractivity contribution in [3.8, 4) is 42.8 Å². The maximum absolute atomic E-state index is 13.2. The first-order valence-electron chi connectivity index (χ1n) is 10.7. The lowest BCUT2D eigenvalue weighted by atomic mass is 9.94. The number of benzene rings is 4. The minimum Gasteiger partial charge on any atom is -0.507 e. The molecule has 10 nitrogen and oxygen atoms in total. The van der Waals surface area contributed by atoms with Crippen LogP contribution in [0.15, 0.2) is 51.1 Å². The first kappa shape index (κ1) is 27.2. The highest BCUT2D eigenvalue weighted by Crippen LogP contribution is 2.44. The Morgan fingerprint density at radius 1 is 0.579 bits per heavy atom. The van der Waals surface area contributed by atoms with Gasteiger partial charge >= 0.3 is 0 Å². The Morgan fingerprint density at radius 2 is 0.895 bits per heavy atom. The second-order valence-electron chi connectivity index (χ2n) is 7.92. The third-order valence-corrected chi connectivity index (χ3v) is 10.0. The van der Waals surface area contributed by atoms with Crippen LogP contribution in [0.3, 0.4) is 0 Å². The molecule has 13 heteroatoms. The fourth-order valence-corrected chi connectivity index (χ4v) is 7.74. The van der Waals surface area contributed by atoms with Crippen LogP contribution in [0.2, 0.25) is 0 Å². The Balaban J connectivity index is 2.25. The molecule has 0 unspecified atom stereocenters. The van der Waals surface area contributed by atoms with Gasteiger partial charge in [-0.2, -0.15) is 14.2 Å². The van der Waals surface area contributed by atoms with E-state index in [1.165, 1.54) is 24.3 Å². The molecule has 0 radical (unpaired) electrons. The summed E-state index contributed by atoms with van der Waals surface area (Å²) in [5, 5.41) is 11.4. The first-order valence-corrected chi connectivity index (χ1v) is 15.1. The van der Waals surface area contributed by atoms with Crippen molar-refractivity contribution in [1.82, 2.24) is 14.2 Å². The number of hydrogen-bond acceptors (Lipinski definition) is 7. The molecule has 0 spiro atoms. The number of sulfonamides is 3. The van der Waals surface area contributed by atoms with Gasteiger partial charge in [-0.3, -0.25) is 0 Å². The second-order valence-corrected chi connectivity index (χ2v) is 13.1. The van der Waals surface area contributed by atoms with Crippen molar-refractivity contribution in [3.05, 3.63) is 36.4 Å². The molecule has 4 N–H and O–H groups in total. The molecule has 0 fully saturated rings. The number of aromatic hydroxyl groups is 1. The highest BCUT2D eigenvalue weighted by atomic mass is 32.2. The van der Waals surface area contributed by atoms with E-state index in [2.05, 4.69) is 31.9 Å². The van der Waals surface area contributed by atoms with Crippen LogP contribution < -0.4 is 14.2 Å². The van der Waals surface area contributed by atoms with Gasteiger partial charge in [0.2, 0.25) is 30.1 Å². The zero-order valence-corrected chi connectivity index (χ0v) is 21.9. The van der Waals surface area contributed by atoms with E-state index in [-0.39, 0.29) is 56.8 Å². The Kier molecular flexibility index (Phi) is 6.99. The smallest absolute Gasteiger partial charge is 0.242 e. The van der Waals surface area contributed by atoms with Gasteiger partial charge in [-0.15, -0.1) is 19.3 Å². The fourth-order valence-electron chi connectivity index (χ4n) is 4.19. The molecule has 4 rings (SSSR count). The van der Waals surface area contributed by atoms with Crippen molar-refractivity contribution in [2.75, 3.05) is 19.6 Å². The van der Waals surface area contributed by atoms with Crippen LogP contribution in [0.25, 0.3) is 32.3 Å². The van der Waals surface area contributed by atoms with Gasteiger partial charge in [-0.25, -0.2) is 25.3 Å². The Bertz CT molecular complexity index is 2000. The maximum Gasteiger partial charge on any atom is 0.242 e. The van der Waals surface area contributed by atoms with Crippen LogP contribution in [0.5, 0.6) is 5.75 Å². The topological polar surface area (TPSA) is 159 Å². The maximum atomic E-state index is 13.2. The predicted octanol–water partition coefficient (Wildman–Crippen LogP) is 1.02. The van der Waals surface area contributed by atoms with E-state index in [0.717, 1.165) is 12.1 Å². The monoisotopic (exact) mass is 569 g/mol. The molecule has 0 saturated carbocycles. The number of phenols is 1. The van der Waals surface area contributed by atoms with Crippen LogP contribution in [0.1, 0.15) is 0 Å². The van der Waals surface area contributed by atoms with Gasteiger partial charge in [0.15, 0.2) is 0 Å². The van der Waals surface area contributed by atoms with Crippen molar-refractivity contribution in [2.24, 2.45) is 0 Å². The van der Waals surface area contributed by atoms with Crippen molar-refractivity contribution in [1.29, 1.82) is 0 Å². The minimum absolute atomic E-state index is 0.0732. The van der Waals surface area contributed by atoms with Gasteiger partial charge in [0, 0.05) is 38.4 Å². The molecule has 4 aromatic rings. The summed E-state index contributed by atoms with van der Waals surface area (Å²) in [6, 6.07) is 7.56. The molecule has 0 aliphatic heterocycles. The molecule has 38 heavy (non-hydrogen) atoms. The molecule has 0 saturated heterocycles. The van der Waals surface area contributed by atoms with Gasteiger partial charge in [0.25, 0.3) is 0 Å². The lowest BCUT2D eigenvalue weighted by Gasteiger charge is -2.19. The number of terminal acetylenes is 3. The van der Waals surface area contributed by atoms with Crippen molar-refractivity contribution in [3.63, 3.8) is 0 Å². The third kappa shape index (κ3) is 4.51. The molecular weight excluding hydrogens is 550 g/mol. The number of rotatable bonds is 9. The SMILES string of the molecule is C#CCNS(=O)(=O)c1cc(O)c2ccc3c(S(=O)(=O)NCC#C)cc(S(=O)(=O)NCC#C)c4ccc1c2c34. The molecular formula is C25H19N3O7S3. The summed E-state index contributed by atoms with van der Waals surface area (Å²) < 4.78 is 85.5. The number of nitrogens with one attached hydrogen (secondary N) is 3. The molecule has 0 heterocycles. The van der Waals surface area contributed by atoms with Gasteiger partial charge in [-0.05, 0) is 12.1 Å². The molecule has 0 bridgehead atoms. The summed E-state index contributed by atoms with van der Waals surface area (Å²) in [6.45, 7) is -1.06. The van der Waals surface area contributed by atoms with E-state index in [1.54, 1.807) is 0 Å². The average Bonchev–Trinajstić information content (AvgIpc) is 2.88. The Labute approximate surface area is 219 Å². The lowest BCUT2D eigenvalue weighted by molar-refractivity contribution is 0.480. The Morgan fingerprint density at radius 3 is 1.26 bits per heavy atom. The van der Waals surface area contributed by atoms with E-state index >= 15 is 0 Å². The molecule has 0 atom stereocenters. The van der Waals surface area contributed by atoms with Crippen molar-refractivity contribution < 1.29 is 30.4 Å². The first-order chi connectivity index (χ1) is 17.9. The quantitative estimate of drug-likeness (QED) is 0.173. The summed E-state index contributed by atoms with van der Waals surface area (Å²) >= 11 is 0. The molecule has 0 aliphatic rings. The van der Waals surface area contributed by atoms with Crippen LogP contribution in [0.4, 0.5) is 0 Å². The predicted molar refractivity (Wildman–Crippen MR) is 144 cm³/mol. The summed E-state index contributed by atoms with van der Waals surface area (Å²) in [6.07, 6.45) is 15.6. The highest BCUT2D eigenvalue weighted by molar-refractivity contribution is 7.90. The molecule has 194 valence electrons.